The summed E-state index contributed by atoms with van der Waals surface area (Å²) in [4.78, 5) is 0. The van der Waals surface area contributed by atoms with Crippen LogP contribution in [-0.2, 0) is 5.54 Å². The van der Waals surface area contributed by atoms with Crippen molar-refractivity contribution in [1.82, 2.24) is 0 Å². The highest BCUT2D eigenvalue weighted by atomic mass is 14.8. The number of hydrogen-bond acceptors (Lipinski definition) is 1. The van der Waals surface area contributed by atoms with E-state index in [1.54, 1.807) is 0 Å². The van der Waals surface area contributed by atoms with Crippen LogP contribution in [0.15, 0.2) is 42.5 Å². The number of fused-ring (bicyclic) bond motifs is 1. The van der Waals surface area contributed by atoms with Crippen LogP contribution in [0.25, 0.3) is 10.8 Å². The van der Waals surface area contributed by atoms with Gasteiger partial charge in [-0.25, -0.2) is 0 Å². The summed E-state index contributed by atoms with van der Waals surface area (Å²) in [6, 6.07) is 15.3. The second-order valence-electron chi connectivity index (χ2n) is 7.73. The number of benzene rings is 2. The minimum absolute atomic E-state index is 0.197. The number of nitrogens with two attached hydrogens (primary N) is 1. The first kappa shape index (κ1) is 14.6. The van der Waals surface area contributed by atoms with Crippen molar-refractivity contribution in [1.29, 1.82) is 0 Å². The molecular formula is C20H27N. The monoisotopic (exact) mass is 281 g/mol. The van der Waals surface area contributed by atoms with Crippen LogP contribution < -0.4 is 5.73 Å². The molecule has 0 heterocycles. The van der Waals surface area contributed by atoms with E-state index in [0.29, 0.717) is 5.92 Å². The molecule has 0 aromatic heterocycles. The molecule has 2 aromatic rings. The van der Waals surface area contributed by atoms with Gasteiger partial charge in [-0.15, -0.1) is 0 Å². The predicted octanol–water partition coefficient (Wildman–Crippen LogP) is 5.23. The maximum atomic E-state index is 7.08. The highest BCUT2D eigenvalue weighted by molar-refractivity contribution is 5.86. The molecule has 0 aliphatic heterocycles. The zero-order valence-corrected chi connectivity index (χ0v) is 13.5. The standard InChI is InChI=1S/C20H27N/c1-19(2,3)18-13-6-7-14-20(18,21)17-12-8-10-15-9-4-5-11-16(15)17/h4-5,8-12,18H,6-7,13-14,21H2,1-3H3. The molecule has 0 spiro atoms. The summed E-state index contributed by atoms with van der Waals surface area (Å²) in [7, 11) is 0. The van der Waals surface area contributed by atoms with Crippen LogP contribution in [0.5, 0.6) is 0 Å². The van der Waals surface area contributed by atoms with Crippen molar-refractivity contribution >= 4 is 10.8 Å². The second kappa shape index (κ2) is 5.14. The van der Waals surface area contributed by atoms with Gasteiger partial charge in [-0.3, -0.25) is 0 Å². The maximum absolute atomic E-state index is 7.08. The summed E-state index contributed by atoms with van der Waals surface area (Å²) in [5.41, 5.74) is 8.47. The van der Waals surface area contributed by atoms with Crippen molar-refractivity contribution in [2.24, 2.45) is 17.1 Å². The largest absolute Gasteiger partial charge is 0.321 e. The third-order valence-electron chi connectivity index (χ3n) is 5.29. The molecule has 0 amide bonds. The van der Waals surface area contributed by atoms with Gasteiger partial charge in [0.05, 0.1) is 0 Å². The van der Waals surface area contributed by atoms with Crippen LogP contribution in [0.3, 0.4) is 0 Å². The van der Waals surface area contributed by atoms with Crippen molar-refractivity contribution in [3.63, 3.8) is 0 Å². The first-order valence-corrected chi connectivity index (χ1v) is 8.20. The van der Waals surface area contributed by atoms with Gasteiger partial charge in [-0.2, -0.15) is 0 Å². The van der Waals surface area contributed by atoms with E-state index in [9.17, 15) is 0 Å². The topological polar surface area (TPSA) is 26.0 Å². The van der Waals surface area contributed by atoms with Crippen molar-refractivity contribution in [2.75, 3.05) is 0 Å². The molecule has 1 aliphatic carbocycles. The summed E-state index contributed by atoms with van der Waals surface area (Å²) in [5.74, 6) is 0.532. The van der Waals surface area contributed by atoms with E-state index < -0.39 is 0 Å². The summed E-state index contributed by atoms with van der Waals surface area (Å²) < 4.78 is 0. The van der Waals surface area contributed by atoms with Crippen molar-refractivity contribution in [2.45, 2.75) is 52.0 Å². The normalized spacial score (nSPS) is 27.0. The SMILES string of the molecule is CC(C)(C)C1CCCCC1(N)c1cccc2ccccc12. The average Bonchev–Trinajstić information content (AvgIpc) is 2.46. The molecule has 2 aromatic carbocycles. The van der Waals surface area contributed by atoms with Crippen molar-refractivity contribution in [3.05, 3.63) is 48.0 Å². The minimum Gasteiger partial charge on any atom is -0.321 e. The van der Waals surface area contributed by atoms with E-state index in [-0.39, 0.29) is 11.0 Å². The molecule has 2 atom stereocenters. The maximum Gasteiger partial charge on any atom is 0.0449 e. The molecule has 0 radical (unpaired) electrons. The Morgan fingerprint density at radius 1 is 1.00 bits per heavy atom. The lowest BCUT2D eigenvalue weighted by molar-refractivity contribution is 0.0788. The van der Waals surface area contributed by atoms with Crippen LogP contribution in [0.1, 0.15) is 52.0 Å². The van der Waals surface area contributed by atoms with E-state index in [2.05, 4.69) is 63.2 Å². The van der Waals surface area contributed by atoms with Crippen molar-refractivity contribution < 1.29 is 0 Å². The van der Waals surface area contributed by atoms with Crippen LogP contribution in [0, 0.1) is 11.3 Å². The minimum atomic E-state index is -0.197. The summed E-state index contributed by atoms with van der Waals surface area (Å²) in [6.45, 7) is 7.03. The van der Waals surface area contributed by atoms with Gasteiger partial charge in [0.15, 0.2) is 0 Å². The van der Waals surface area contributed by atoms with Crippen LogP contribution >= 0.6 is 0 Å². The molecule has 1 aliphatic rings. The summed E-state index contributed by atoms with van der Waals surface area (Å²) >= 11 is 0. The van der Waals surface area contributed by atoms with E-state index in [4.69, 9.17) is 5.73 Å². The second-order valence-corrected chi connectivity index (χ2v) is 7.73. The molecule has 0 bridgehead atoms. The van der Waals surface area contributed by atoms with Gasteiger partial charge in [-0.1, -0.05) is 76.1 Å². The van der Waals surface area contributed by atoms with Gasteiger partial charge in [0.2, 0.25) is 0 Å². The lowest BCUT2D eigenvalue weighted by Crippen LogP contribution is -2.51. The Morgan fingerprint density at radius 2 is 1.71 bits per heavy atom. The molecule has 2 N–H and O–H groups in total. The number of rotatable bonds is 1. The molecule has 3 rings (SSSR count). The Hall–Kier alpha value is -1.34. The molecule has 0 saturated heterocycles. The number of hydrogen-bond donors (Lipinski definition) is 1. The van der Waals surface area contributed by atoms with Gasteiger partial charge >= 0.3 is 0 Å². The molecule has 2 unspecified atom stereocenters. The molecular weight excluding hydrogens is 254 g/mol. The fraction of sp³-hybridized carbons (Fsp3) is 0.500. The molecule has 1 fully saturated rings. The first-order valence-electron chi connectivity index (χ1n) is 8.20. The molecule has 112 valence electrons. The average molecular weight is 281 g/mol. The quantitative estimate of drug-likeness (QED) is 0.761. The lowest BCUT2D eigenvalue weighted by Gasteiger charge is -2.48. The summed E-state index contributed by atoms with van der Waals surface area (Å²) in [5, 5.41) is 2.64. The van der Waals surface area contributed by atoms with Gasteiger partial charge in [0.1, 0.15) is 0 Å². The van der Waals surface area contributed by atoms with Crippen LogP contribution in [0.2, 0.25) is 0 Å². The Bertz CT molecular complexity index is 632. The molecule has 1 heteroatoms. The van der Waals surface area contributed by atoms with Gasteiger partial charge in [0, 0.05) is 5.54 Å². The Kier molecular flexibility index (Phi) is 3.57. The lowest BCUT2D eigenvalue weighted by atomic mass is 9.59. The first-order chi connectivity index (χ1) is 9.93. The fourth-order valence-corrected chi connectivity index (χ4v) is 4.36. The third kappa shape index (κ3) is 2.48. The third-order valence-corrected chi connectivity index (χ3v) is 5.29. The van der Waals surface area contributed by atoms with E-state index in [1.165, 1.54) is 35.6 Å². The molecule has 21 heavy (non-hydrogen) atoms. The highest BCUT2D eigenvalue weighted by Crippen LogP contribution is 2.49. The zero-order valence-electron chi connectivity index (χ0n) is 13.5. The molecule has 1 nitrogen and oxygen atoms in total. The van der Waals surface area contributed by atoms with E-state index in [0.717, 1.165) is 6.42 Å². The zero-order chi connectivity index (χ0) is 15.1. The van der Waals surface area contributed by atoms with Gasteiger partial charge in [0.25, 0.3) is 0 Å². The fourth-order valence-electron chi connectivity index (χ4n) is 4.36. The van der Waals surface area contributed by atoms with Gasteiger partial charge in [-0.05, 0) is 40.5 Å². The Morgan fingerprint density at radius 3 is 2.48 bits per heavy atom. The molecule has 1 saturated carbocycles. The highest BCUT2D eigenvalue weighted by Gasteiger charge is 2.45. The van der Waals surface area contributed by atoms with Crippen molar-refractivity contribution in [3.8, 4) is 0 Å². The van der Waals surface area contributed by atoms with E-state index in [1.807, 2.05) is 0 Å². The Balaban J connectivity index is 2.18. The predicted molar refractivity (Wildman–Crippen MR) is 91.2 cm³/mol. The van der Waals surface area contributed by atoms with Gasteiger partial charge < -0.3 is 5.73 Å². The summed E-state index contributed by atoms with van der Waals surface area (Å²) in [6.07, 6.45) is 4.89. The smallest absolute Gasteiger partial charge is 0.0449 e. The Labute approximate surface area is 128 Å². The van der Waals surface area contributed by atoms with Crippen LogP contribution in [0.4, 0.5) is 0 Å². The van der Waals surface area contributed by atoms with E-state index >= 15 is 0 Å². The van der Waals surface area contributed by atoms with Crippen LogP contribution in [-0.4, -0.2) is 0 Å².